The molecule has 11 heavy (non-hydrogen) atoms. The lowest BCUT2D eigenvalue weighted by Gasteiger charge is -2.00. The summed E-state index contributed by atoms with van der Waals surface area (Å²) < 4.78 is 5.11. The van der Waals surface area contributed by atoms with Gasteiger partial charge in [0.15, 0.2) is 0 Å². The molecule has 0 fully saturated rings. The minimum absolute atomic E-state index is 0.705. The van der Waals surface area contributed by atoms with Crippen molar-refractivity contribution in [3.05, 3.63) is 41.8 Å². The summed E-state index contributed by atoms with van der Waals surface area (Å²) in [6.45, 7) is 3.49. The molecule has 1 rings (SSSR count). The standard InChI is InChI=1S/C8H7BClO/c1-2-9-11-8-5-3-7(10)4-6-8/h2-6H,1H2. The molecule has 0 amide bonds. The van der Waals surface area contributed by atoms with Gasteiger partial charge in [0.2, 0.25) is 0 Å². The maximum atomic E-state index is 5.66. The van der Waals surface area contributed by atoms with E-state index in [4.69, 9.17) is 16.3 Å². The van der Waals surface area contributed by atoms with Gasteiger partial charge in [-0.25, -0.2) is 0 Å². The maximum Gasteiger partial charge on any atom is 0.400 e. The number of hydrogen-bond acceptors (Lipinski definition) is 1. The Kier molecular flexibility index (Phi) is 3.05. The van der Waals surface area contributed by atoms with Crippen LogP contribution in [-0.2, 0) is 0 Å². The third kappa shape index (κ3) is 2.68. The molecule has 0 saturated carbocycles. The number of benzene rings is 1. The van der Waals surface area contributed by atoms with Gasteiger partial charge in [0, 0.05) is 5.02 Å². The molecule has 0 aliphatic rings. The SMILES string of the molecule is C=C[B]Oc1ccc(Cl)cc1. The molecule has 1 radical (unpaired) electrons. The molecule has 0 aromatic heterocycles. The van der Waals surface area contributed by atoms with Gasteiger partial charge in [0.1, 0.15) is 0 Å². The minimum atomic E-state index is 0.705. The lowest BCUT2D eigenvalue weighted by Crippen LogP contribution is -1.96. The van der Waals surface area contributed by atoms with E-state index in [0.717, 1.165) is 5.75 Å². The van der Waals surface area contributed by atoms with E-state index in [1.165, 1.54) is 7.48 Å². The lowest BCUT2D eigenvalue weighted by atomic mass is 10.0. The second-order valence-corrected chi connectivity index (χ2v) is 2.38. The Bertz CT molecular complexity index is 232. The van der Waals surface area contributed by atoms with Crippen LogP contribution in [0.5, 0.6) is 5.75 Å². The first kappa shape index (κ1) is 8.21. The summed E-state index contributed by atoms with van der Waals surface area (Å²) in [7, 11) is 1.52. The Morgan fingerprint density at radius 2 is 2.00 bits per heavy atom. The van der Waals surface area contributed by atoms with Crippen LogP contribution in [0.25, 0.3) is 0 Å². The molecule has 3 heteroatoms. The highest BCUT2D eigenvalue weighted by Gasteiger charge is 1.91. The van der Waals surface area contributed by atoms with Gasteiger partial charge in [-0.05, 0) is 24.3 Å². The quantitative estimate of drug-likeness (QED) is 0.625. The second kappa shape index (κ2) is 4.09. The molecule has 0 saturated heterocycles. The van der Waals surface area contributed by atoms with Crippen molar-refractivity contribution in [2.24, 2.45) is 0 Å². The molecule has 0 unspecified atom stereocenters. The van der Waals surface area contributed by atoms with Gasteiger partial charge in [-0.1, -0.05) is 17.6 Å². The van der Waals surface area contributed by atoms with E-state index in [-0.39, 0.29) is 0 Å². The molecule has 0 bridgehead atoms. The van der Waals surface area contributed by atoms with E-state index in [2.05, 4.69) is 6.58 Å². The molecular weight excluding hydrogens is 158 g/mol. The zero-order valence-electron chi connectivity index (χ0n) is 5.96. The highest BCUT2D eigenvalue weighted by atomic mass is 35.5. The average molecular weight is 165 g/mol. The Morgan fingerprint density at radius 3 is 2.55 bits per heavy atom. The molecule has 0 N–H and O–H groups in total. The molecule has 55 valence electrons. The van der Waals surface area contributed by atoms with E-state index < -0.39 is 0 Å². The fourth-order valence-corrected chi connectivity index (χ4v) is 0.766. The van der Waals surface area contributed by atoms with Crippen LogP contribution in [0.15, 0.2) is 36.8 Å². The first-order chi connectivity index (χ1) is 5.33. The lowest BCUT2D eigenvalue weighted by molar-refractivity contribution is 0.604. The van der Waals surface area contributed by atoms with Crippen LogP contribution < -0.4 is 4.65 Å². The average Bonchev–Trinajstić information content (AvgIpc) is 2.04. The van der Waals surface area contributed by atoms with Gasteiger partial charge in [0.25, 0.3) is 0 Å². The monoisotopic (exact) mass is 165 g/mol. The van der Waals surface area contributed by atoms with E-state index in [0.29, 0.717) is 5.02 Å². The summed E-state index contributed by atoms with van der Waals surface area (Å²) in [6, 6.07) is 7.13. The zero-order valence-corrected chi connectivity index (χ0v) is 6.71. The molecular formula is C8H7BClO. The van der Waals surface area contributed by atoms with Crippen LogP contribution in [0.1, 0.15) is 0 Å². The molecule has 1 aromatic rings. The van der Waals surface area contributed by atoms with Gasteiger partial charge < -0.3 is 4.65 Å². The van der Waals surface area contributed by atoms with Crippen molar-refractivity contribution in [1.82, 2.24) is 0 Å². The normalized spacial score (nSPS) is 8.82. The van der Waals surface area contributed by atoms with Crippen molar-refractivity contribution >= 4 is 19.1 Å². The van der Waals surface area contributed by atoms with Crippen LogP contribution in [-0.4, -0.2) is 7.48 Å². The van der Waals surface area contributed by atoms with E-state index in [1.54, 1.807) is 30.2 Å². The Morgan fingerprint density at radius 1 is 1.36 bits per heavy atom. The van der Waals surface area contributed by atoms with E-state index in [9.17, 15) is 0 Å². The highest BCUT2D eigenvalue weighted by Crippen LogP contribution is 2.14. The van der Waals surface area contributed by atoms with Gasteiger partial charge in [-0.3, -0.25) is 0 Å². The largest absolute Gasteiger partial charge is 0.558 e. The van der Waals surface area contributed by atoms with Crippen molar-refractivity contribution < 1.29 is 4.65 Å². The smallest absolute Gasteiger partial charge is 0.400 e. The molecule has 0 aliphatic carbocycles. The predicted molar refractivity (Wildman–Crippen MR) is 48.0 cm³/mol. The van der Waals surface area contributed by atoms with Crippen LogP contribution in [0, 0.1) is 0 Å². The fourth-order valence-electron chi connectivity index (χ4n) is 0.640. The summed E-state index contributed by atoms with van der Waals surface area (Å²) in [6.07, 6.45) is 0. The van der Waals surface area contributed by atoms with Crippen molar-refractivity contribution in [3.8, 4) is 5.75 Å². The second-order valence-electron chi connectivity index (χ2n) is 1.94. The van der Waals surface area contributed by atoms with Crippen molar-refractivity contribution in [3.63, 3.8) is 0 Å². The summed E-state index contributed by atoms with van der Waals surface area (Å²) in [5.41, 5.74) is 0. The summed E-state index contributed by atoms with van der Waals surface area (Å²) in [4.78, 5) is 0. The van der Waals surface area contributed by atoms with E-state index >= 15 is 0 Å². The van der Waals surface area contributed by atoms with Crippen LogP contribution in [0.2, 0.25) is 5.02 Å². The van der Waals surface area contributed by atoms with Crippen LogP contribution >= 0.6 is 11.6 Å². The van der Waals surface area contributed by atoms with E-state index in [1.807, 2.05) is 0 Å². The van der Waals surface area contributed by atoms with Gasteiger partial charge in [0.05, 0.1) is 5.75 Å². The first-order valence-corrected chi connectivity index (χ1v) is 3.57. The topological polar surface area (TPSA) is 9.23 Å². The zero-order chi connectivity index (χ0) is 8.10. The predicted octanol–water partition coefficient (Wildman–Crippen LogP) is 2.48. The maximum absolute atomic E-state index is 5.66. The number of rotatable bonds is 3. The highest BCUT2D eigenvalue weighted by molar-refractivity contribution is 6.35. The molecule has 1 aromatic carbocycles. The van der Waals surface area contributed by atoms with Crippen molar-refractivity contribution in [1.29, 1.82) is 0 Å². The van der Waals surface area contributed by atoms with Crippen LogP contribution in [0.3, 0.4) is 0 Å². The van der Waals surface area contributed by atoms with Gasteiger partial charge >= 0.3 is 7.48 Å². The summed E-state index contributed by atoms with van der Waals surface area (Å²) >= 11 is 5.66. The molecule has 0 atom stereocenters. The Labute approximate surface area is 71.9 Å². The first-order valence-electron chi connectivity index (χ1n) is 3.19. The fraction of sp³-hybridized carbons (Fsp3) is 0. The third-order valence-electron chi connectivity index (χ3n) is 1.11. The molecule has 0 heterocycles. The van der Waals surface area contributed by atoms with Gasteiger partial charge in [-0.2, -0.15) is 0 Å². The van der Waals surface area contributed by atoms with Crippen molar-refractivity contribution in [2.75, 3.05) is 0 Å². The molecule has 1 nitrogen and oxygen atoms in total. The Hall–Kier alpha value is -0.885. The van der Waals surface area contributed by atoms with Crippen molar-refractivity contribution in [2.45, 2.75) is 0 Å². The molecule has 0 aliphatic heterocycles. The van der Waals surface area contributed by atoms with Gasteiger partial charge in [-0.15, -0.1) is 6.58 Å². The van der Waals surface area contributed by atoms with Crippen LogP contribution in [0.4, 0.5) is 0 Å². The minimum Gasteiger partial charge on any atom is -0.558 e. The number of hydrogen-bond donors (Lipinski definition) is 0. The summed E-state index contributed by atoms with van der Waals surface area (Å²) in [5, 5.41) is 0.705. The summed E-state index contributed by atoms with van der Waals surface area (Å²) in [5.74, 6) is 2.34. The Balaban J connectivity index is 2.58. The molecule has 0 spiro atoms. The number of halogens is 1. The third-order valence-corrected chi connectivity index (χ3v) is 1.37.